The quantitative estimate of drug-likeness (QED) is 0.527. The summed E-state index contributed by atoms with van der Waals surface area (Å²) in [6, 6.07) is 2.02. The minimum absolute atomic E-state index is 0.0421. The Morgan fingerprint density at radius 3 is 2.94 bits per heavy atom. The van der Waals surface area contributed by atoms with Crippen LogP contribution in [0.25, 0.3) is 0 Å². The Balaban J connectivity index is 2.19. The minimum atomic E-state index is 0.0421. The second-order valence-electron chi connectivity index (χ2n) is 4.49. The van der Waals surface area contributed by atoms with Crippen molar-refractivity contribution < 1.29 is 9.47 Å². The lowest BCUT2D eigenvalue weighted by molar-refractivity contribution is 0.169. The molecule has 1 aliphatic carbocycles. The van der Waals surface area contributed by atoms with Crippen LogP contribution in [0.2, 0.25) is 0 Å². The van der Waals surface area contributed by atoms with Gasteiger partial charge in [-0.3, -0.25) is 0 Å². The molecule has 3 rings (SSSR count). The molecular formula is C13H14BrClO2. The van der Waals surface area contributed by atoms with Gasteiger partial charge in [0.15, 0.2) is 11.5 Å². The second kappa shape index (κ2) is 4.69. The first-order chi connectivity index (χ1) is 8.27. The molecule has 92 valence electrons. The fraction of sp³-hybridized carbons (Fsp3) is 0.538. The predicted molar refractivity (Wildman–Crippen MR) is 71.3 cm³/mol. The number of hydrogen-bond acceptors (Lipinski definition) is 2. The van der Waals surface area contributed by atoms with Gasteiger partial charge in [0, 0.05) is 10.0 Å². The van der Waals surface area contributed by atoms with Crippen LogP contribution in [0.15, 0.2) is 10.5 Å². The van der Waals surface area contributed by atoms with Gasteiger partial charge in [-0.1, -0.05) is 22.4 Å². The first kappa shape index (κ1) is 11.7. The molecule has 0 radical (unpaired) electrons. The molecule has 1 aromatic carbocycles. The van der Waals surface area contributed by atoms with Gasteiger partial charge in [-0.15, -0.1) is 11.6 Å². The number of rotatable bonds is 0. The Bertz CT molecular complexity index is 448. The van der Waals surface area contributed by atoms with Crippen LogP contribution in [-0.4, -0.2) is 13.2 Å². The van der Waals surface area contributed by atoms with Crippen molar-refractivity contribution in [3.8, 4) is 11.5 Å². The summed E-state index contributed by atoms with van der Waals surface area (Å²) in [6.45, 7) is 1.23. The zero-order valence-electron chi connectivity index (χ0n) is 9.47. The molecule has 0 saturated carbocycles. The molecule has 1 heterocycles. The summed E-state index contributed by atoms with van der Waals surface area (Å²) >= 11 is 10.1. The average Bonchev–Trinajstić information content (AvgIpc) is 2.52. The molecule has 0 amide bonds. The highest BCUT2D eigenvalue weighted by Gasteiger charge is 2.27. The van der Waals surface area contributed by atoms with Crippen molar-refractivity contribution in [2.75, 3.05) is 13.2 Å². The molecule has 1 aromatic rings. The molecule has 0 saturated heterocycles. The van der Waals surface area contributed by atoms with Crippen molar-refractivity contribution in [2.24, 2.45) is 0 Å². The maximum atomic E-state index is 6.50. The highest BCUT2D eigenvalue weighted by molar-refractivity contribution is 9.10. The van der Waals surface area contributed by atoms with Crippen molar-refractivity contribution in [1.29, 1.82) is 0 Å². The Hall–Kier alpha value is -0.410. The standard InChI is InChI=1S/C13H14BrClO2/c14-9-7-11-13(17-6-5-16-11)12-8(9)3-1-2-4-10(12)15/h7,10H,1-6H2. The van der Waals surface area contributed by atoms with E-state index in [1.165, 1.54) is 18.4 Å². The third-order valence-corrected chi connectivity index (χ3v) is 4.52. The van der Waals surface area contributed by atoms with Crippen LogP contribution in [-0.2, 0) is 6.42 Å². The van der Waals surface area contributed by atoms with Crippen LogP contribution in [0.3, 0.4) is 0 Å². The Morgan fingerprint density at radius 1 is 1.24 bits per heavy atom. The first-order valence-electron chi connectivity index (χ1n) is 6.02. The second-order valence-corrected chi connectivity index (χ2v) is 5.87. The van der Waals surface area contributed by atoms with Crippen LogP contribution in [0.4, 0.5) is 0 Å². The molecule has 4 heteroatoms. The molecule has 1 aliphatic heterocycles. The predicted octanol–water partition coefficient (Wildman–Crippen LogP) is 4.23. The van der Waals surface area contributed by atoms with Crippen LogP contribution in [0, 0.1) is 0 Å². The van der Waals surface area contributed by atoms with E-state index >= 15 is 0 Å². The zero-order chi connectivity index (χ0) is 11.8. The molecule has 17 heavy (non-hydrogen) atoms. The minimum Gasteiger partial charge on any atom is -0.486 e. The van der Waals surface area contributed by atoms with E-state index in [-0.39, 0.29) is 5.38 Å². The number of ether oxygens (including phenoxy) is 2. The van der Waals surface area contributed by atoms with Crippen molar-refractivity contribution in [2.45, 2.75) is 31.1 Å². The molecule has 2 aliphatic rings. The van der Waals surface area contributed by atoms with E-state index in [2.05, 4.69) is 15.9 Å². The van der Waals surface area contributed by atoms with Gasteiger partial charge in [-0.05, 0) is 30.9 Å². The van der Waals surface area contributed by atoms with Gasteiger partial charge >= 0.3 is 0 Å². The lowest BCUT2D eigenvalue weighted by Crippen LogP contribution is -2.17. The molecule has 0 spiro atoms. The van der Waals surface area contributed by atoms with Gasteiger partial charge in [0.1, 0.15) is 13.2 Å². The molecule has 0 fully saturated rings. The fourth-order valence-electron chi connectivity index (χ4n) is 2.57. The van der Waals surface area contributed by atoms with Gasteiger partial charge < -0.3 is 9.47 Å². The summed E-state index contributed by atoms with van der Waals surface area (Å²) in [6.07, 6.45) is 4.44. The normalized spacial score (nSPS) is 22.8. The summed E-state index contributed by atoms with van der Waals surface area (Å²) < 4.78 is 12.5. The van der Waals surface area contributed by atoms with Crippen LogP contribution < -0.4 is 9.47 Å². The highest BCUT2D eigenvalue weighted by atomic mass is 79.9. The number of hydrogen-bond donors (Lipinski definition) is 0. The fourth-order valence-corrected chi connectivity index (χ4v) is 3.58. The molecule has 1 unspecified atom stereocenters. The molecular weight excluding hydrogens is 303 g/mol. The van der Waals surface area contributed by atoms with Crippen LogP contribution >= 0.6 is 27.5 Å². The first-order valence-corrected chi connectivity index (χ1v) is 7.25. The summed E-state index contributed by atoms with van der Waals surface area (Å²) in [5.41, 5.74) is 2.44. The maximum Gasteiger partial charge on any atom is 0.166 e. The topological polar surface area (TPSA) is 18.5 Å². The smallest absolute Gasteiger partial charge is 0.166 e. The summed E-state index contributed by atoms with van der Waals surface area (Å²) in [5.74, 6) is 1.70. The number of alkyl halides is 1. The third-order valence-electron chi connectivity index (χ3n) is 3.37. The largest absolute Gasteiger partial charge is 0.486 e. The van der Waals surface area contributed by atoms with E-state index in [0.29, 0.717) is 13.2 Å². The summed E-state index contributed by atoms with van der Waals surface area (Å²) in [4.78, 5) is 0. The van der Waals surface area contributed by atoms with Crippen molar-refractivity contribution in [3.63, 3.8) is 0 Å². The monoisotopic (exact) mass is 316 g/mol. The van der Waals surface area contributed by atoms with Crippen LogP contribution in [0.5, 0.6) is 11.5 Å². The Morgan fingerprint density at radius 2 is 2.06 bits per heavy atom. The van der Waals surface area contributed by atoms with Crippen molar-refractivity contribution in [3.05, 3.63) is 21.7 Å². The summed E-state index contributed by atoms with van der Waals surface area (Å²) in [5, 5.41) is 0.0421. The molecule has 0 N–H and O–H groups in total. The zero-order valence-corrected chi connectivity index (χ0v) is 11.8. The molecule has 0 bridgehead atoms. The Labute approximate surface area is 114 Å². The number of benzene rings is 1. The van der Waals surface area contributed by atoms with Gasteiger partial charge in [-0.2, -0.15) is 0 Å². The average molecular weight is 318 g/mol. The Kier molecular flexibility index (Phi) is 3.22. The van der Waals surface area contributed by atoms with Crippen molar-refractivity contribution in [1.82, 2.24) is 0 Å². The van der Waals surface area contributed by atoms with Crippen molar-refractivity contribution >= 4 is 27.5 Å². The molecule has 0 aromatic heterocycles. The van der Waals surface area contributed by atoms with Gasteiger partial charge in [0.2, 0.25) is 0 Å². The van der Waals surface area contributed by atoms with Gasteiger partial charge in [-0.25, -0.2) is 0 Å². The highest BCUT2D eigenvalue weighted by Crippen LogP contribution is 2.47. The number of fused-ring (bicyclic) bond motifs is 3. The van der Waals surface area contributed by atoms with E-state index < -0.39 is 0 Å². The lowest BCUT2D eigenvalue weighted by Gasteiger charge is -2.25. The van der Waals surface area contributed by atoms with Gasteiger partial charge in [0.05, 0.1) is 5.38 Å². The summed E-state index contributed by atoms with van der Waals surface area (Å²) in [7, 11) is 0. The van der Waals surface area contributed by atoms with E-state index in [1.807, 2.05) is 6.07 Å². The van der Waals surface area contributed by atoms with E-state index in [4.69, 9.17) is 21.1 Å². The SMILES string of the molecule is ClC1CCCCc2c(Br)cc3c(c21)OCCO3. The van der Waals surface area contributed by atoms with E-state index in [1.54, 1.807) is 0 Å². The number of halogens is 2. The lowest BCUT2D eigenvalue weighted by atomic mass is 10.0. The van der Waals surface area contributed by atoms with E-state index in [9.17, 15) is 0 Å². The molecule has 1 atom stereocenters. The van der Waals surface area contributed by atoms with Crippen LogP contribution in [0.1, 0.15) is 35.8 Å². The molecule has 2 nitrogen and oxygen atoms in total. The van der Waals surface area contributed by atoms with E-state index in [0.717, 1.165) is 34.4 Å². The third kappa shape index (κ3) is 2.04. The maximum absolute atomic E-state index is 6.50. The van der Waals surface area contributed by atoms with Gasteiger partial charge in [0.25, 0.3) is 0 Å².